The Morgan fingerprint density at radius 1 is 0.909 bits per heavy atom. The fourth-order valence-corrected chi connectivity index (χ4v) is 2.49. The number of rotatable bonds is 4. The number of aliphatic carboxylic acids is 1. The number of fused-ring (bicyclic) bond motifs is 2. The Balaban J connectivity index is 1.94. The summed E-state index contributed by atoms with van der Waals surface area (Å²) < 4.78 is 5.01. The monoisotopic (exact) mass is 296 g/mol. The van der Waals surface area contributed by atoms with Gasteiger partial charge in [-0.05, 0) is 17.7 Å². The van der Waals surface area contributed by atoms with Gasteiger partial charge in [0.2, 0.25) is 0 Å². The highest BCUT2D eigenvalue weighted by Crippen LogP contribution is 2.27. The van der Waals surface area contributed by atoms with Crippen molar-refractivity contribution in [3.63, 3.8) is 0 Å². The second-order valence-corrected chi connectivity index (χ2v) is 4.97. The minimum atomic E-state index is -1.06. The first kappa shape index (κ1) is 14.2. The quantitative estimate of drug-likeness (QED) is 0.797. The van der Waals surface area contributed by atoms with Crippen molar-refractivity contribution in [2.45, 2.75) is 6.61 Å². The smallest absolute Gasteiger partial charge is 0.329 e. The van der Waals surface area contributed by atoms with Crippen LogP contribution in [0.2, 0.25) is 0 Å². The highest BCUT2D eigenvalue weighted by Gasteiger charge is 2.29. The Morgan fingerprint density at radius 3 is 2.14 bits per heavy atom. The van der Waals surface area contributed by atoms with Crippen molar-refractivity contribution >= 4 is 17.5 Å². The molecule has 0 aromatic heterocycles. The number of ether oxygens (including phenoxy) is 1. The molecule has 3 rings (SSSR count). The van der Waals surface area contributed by atoms with Gasteiger partial charge in [0.25, 0.3) is 0 Å². The molecule has 0 radical (unpaired) electrons. The zero-order valence-corrected chi connectivity index (χ0v) is 11.5. The maximum Gasteiger partial charge on any atom is 0.329 e. The lowest BCUT2D eigenvalue weighted by molar-refractivity contribution is -0.142. The molecule has 110 valence electrons. The Morgan fingerprint density at radius 2 is 1.50 bits per heavy atom. The SMILES string of the molecule is O=C(O)COCc1ccc2c(c1)C(=O)c1ccccc1C2=O. The first-order valence-corrected chi connectivity index (χ1v) is 6.69. The molecular weight excluding hydrogens is 284 g/mol. The Bertz CT molecular complexity index is 791. The topological polar surface area (TPSA) is 80.7 Å². The molecule has 22 heavy (non-hydrogen) atoms. The van der Waals surface area contributed by atoms with E-state index in [0.29, 0.717) is 27.8 Å². The molecule has 0 spiro atoms. The fraction of sp³-hybridized carbons (Fsp3) is 0.118. The number of carboxylic acids is 1. The molecule has 2 aromatic rings. The predicted octanol–water partition coefficient (Wildman–Crippen LogP) is 2.06. The first-order chi connectivity index (χ1) is 10.6. The molecule has 0 saturated heterocycles. The summed E-state index contributed by atoms with van der Waals surface area (Å²) >= 11 is 0. The summed E-state index contributed by atoms with van der Waals surface area (Å²) in [6.07, 6.45) is 0. The van der Waals surface area contributed by atoms with Crippen molar-refractivity contribution in [3.8, 4) is 0 Å². The highest BCUT2D eigenvalue weighted by molar-refractivity contribution is 6.28. The molecule has 2 aromatic carbocycles. The van der Waals surface area contributed by atoms with Gasteiger partial charge < -0.3 is 9.84 Å². The summed E-state index contributed by atoms with van der Waals surface area (Å²) in [5.74, 6) is -1.44. The molecule has 0 atom stereocenters. The normalized spacial score (nSPS) is 12.7. The molecule has 0 saturated carbocycles. The van der Waals surface area contributed by atoms with Crippen molar-refractivity contribution in [3.05, 3.63) is 70.3 Å². The van der Waals surface area contributed by atoms with E-state index in [0.717, 1.165) is 0 Å². The molecule has 0 fully saturated rings. The average Bonchev–Trinajstić information content (AvgIpc) is 2.52. The van der Waals surface area contributed by atoms with E-state index in [1.165, 1.54) is 0 Å². The lowest BCUT2D eigenvalue weighted by Gasteiger charge is -2.18. The van der Waals surface area contributed by atoms with E-state index in [1.54, 1.807) is 42.5 Å². The van der Waals surface area contributed by atoms with Crippen LogP contribution >= 0.6 is 0 Å². The van der Waals surface area contributed by atoms with Gasteiger partial charge in [-0.15, -0.1) is 0 Å². The second kappa shape index (κ2) is 5.54. The number of carboxylic acid groups (broad SMARTS) is 1. The van der Waals surface area contributed by atoms with E-state index in [9.17, 15) is 14.4 Å². The van der Waals surface area contributed by atoms with Gasteiger partial charge in [0, 0.05) is 22.3 Å². The van der Waals surface area contributed by atoms with Gasteiger partial charge in [0.15, 0.2) is 11.6 Å². The van der Waals surface area contributed by atoms with Gasteiger partial charge >= 0.3 is 5.97 Å². The highest BCUT2D eigenvalue weighted by atomic mass is 16.5. The van der Waals surface area contributed by atoms with Gasteiger partial charge in [-0.2, -0.15) is 0 Å². The summed E-state index contributed by atoms with van der Waals surface area (Å²) in [5.41, 5.74) is 2.16. The van der Waals surface area contributed by atoms with Gasteiger partial charge in [0.05, 0.1) is 6.61 Å². The number of hydrogen-bond acceptors (Lipinski definition) is 4. The van der Waals surface area contributed by atoms with Crippen LogP contribution in [0.1, 0.15) is 37.4 Å². The molecule has 0 bridgehead atoms. The summed E-state index contributed by atoms with van der Waals surface area (Å²) in [7, 11) is 0. The molecule has 1 N–H and O–H groups in total. The molecule has 5 nitrogen and oxygen atoms in total. The molecule has 0 unspecified atom stereocenters. The summed E-state index contributed by atoms with van der Waals surface area (Å²) in [5, 5.41) is 8.55. The van der Waals surface area contributed by atoms with Crippen LogP contribution in [0, 0.1) is 0 Å². The van der Waals surface area contributed by atoms with E-state index in [1.807, 2.05) is 0 Å². The molecule has 0 amide bonds. The van der Waals surface area contributed by atoms with E-state index < -0.39 is 12.6 Å². The molecule has 1 aliphatic carbocycles. The fourth-order valence-electron chi connectivity index (χ4n) is 2.49. The third kappa shape index (κ3) is 2.42. The minimum Gasteiger partial charge on any atom is -0.480 e. The van der Waals surface area contributed by atoms with E-state index in [2.05, 4.69) is 0 Å². The Kier molecular flexibility index (Phi) is 3.56. The van der Waals surface area contributed by atoms with Crippen LogP contribution < -0.4 is 0 Å². The van der Waals surface area contributed by atoms with Gasteiger partial charge in [-0.3, -0.25) is 9.59 Å². The maximum atomic E-state index is 12.5. The van der Waals surface area contributed by atoms with Crippen LogP contribution in [0.25, 0.3) is 0 Å². The molecule has 0 aliphatic heterocycles. The van der Waals surface area contributed by atoms with Crippen LogP contribution in [0.15, 0.2) is 42.5 Å². The van der Waals surface area contributed by atoms with Crippen LogP contribution in [0.3, 0.4) is 0 Å². The van der Waals surface area contributed by atoms with Crippen molar-refractivity contribution in [2.24, 2.45) is 0 Å². The van der Waals surface area contributed by atoms with Crippen LogP contribution in [0.5, 0.6) is 0 Å². The van der Waals surface area contributed by atoms with Gasteiger partial charge in [0.1, 0.15) is 6.61 Å². The minimum absolute atomic E-state index is 0.0721. The molecule has 5 heteroatoms. The molecule has 1 aliphatic rings. The Hall–Kier alpha value is -2.79. The van der Waals surface area contributed by atoms with Crippen LogP contribution in [-0.2, 0) is 16.1 Å². The summed E-state index contributed by atoms with van der Waals surface area (Å²) in [6, 6.07) is 11.6. The maximum absolute atomic E-state index is 12.5. The van der Waals surface area contributed by atoms with Gasteiger partial charge in [-0.1, -0.05) is 30.3 Å². The molecular formula is C17H12O5. The van der Waals surface area contributed by atoms with Crippen molar-refractivity contribution < 1.29 is 24.2 Å². The number of carbonyl (C=O) groups excluding carboxylic acids is 2. The third-order valence-electron chi connectivity index (χ3n) is 3.48. The van der Waals surface area contributed by atoms with Crippen molar-refractivity contribution in [1.29, 1.82) is 0 Å². The molecule has 0 heterocycles. The third-order valence-corrected chi connectivity index (χ3v) is 3.48. The van der Waals surface area contributed by atoms with Crippen molar-refractivity contribution in [1.82, 2.24) is 0 Å². The second-order valence-electron chi connectivity index (χ2n) is 4.97. The first-order valence-electron chi connectivity index (χ1n) is 6.69. The van der Waals surface area contributed by atoms with E-state index >= 15 is 0 Å². The summed E-state index contributed by atoms with van der Waals surface area (Å²) in [6.45, 7) is -0.338. The number of benzene rings is 2. The average molecular weight is 296 g/mol. The lowest BCUT2D eigenvalue weighted by atomic mass is 9.83. The number of carbonyl (C=O) groups is 3. The number of hydrogen-bond donors (Lipinski definition) is 1. The largest absolute Gasteiger partial charge is 0.480 e. The zero-order valence-electron chi connectivity index (χ0n) is 11.5. The van der Waals surface area contributed by atoms with Crippen LogP contribution in [0.4, 0.5) is 0 Å². The van der Waals surface area contributed by atoms with Crippen molar-refractivity contribution in [2.75, 3.05) is 6.61 Å². The lowest BCUT2D eigenvalue weighted by Crippen LogP contribution is -2.21. The van der Waals surface area contributed by atoms with E-state index in [4.69, 9.17) is 9.84 Å². The van der Waals surface area contributed by atoms with Gasteiger partial charge in [-0.25, -0.2) is 4.79 Å². The van der Waals surface area contributed by atoms with E-state index in [-0.39, 0.29) is 18.2 Å². The predicted molar refractivity (Wildman–Crippen MR) is 77.0 cm³/mol. The summed E-state index contributed by atoms with van der Waals surface area (Å²) in [4.78, 5) is 35.3. The number of ketones is 2. The Labute approximate surface area is 126 Å². The van der Waals surface area contributed by atoms with Crippen LogP contribution in [-0.4, -0.2) is 29.2 Å². The zero-order chi connectivity index (χ0) is 15.7. The standard InChI is InChI=1S/C17H12O5/c18-15(19)9-22-8-10-5-6-13-14(7-10)17(21)12-4-2-1-3-11(12)16(13)20/h1-7H,8-9H2,(H,18,19).